The van der Waals surface area contributed by atoms with E-state index in [1.807, 2.05) is 18.2 Å². The van der Waals surface area contributed by atoms with E-state index >= 15 is 0 Å². The summed E-state index contributed by atoms with van der Waals surface area (Å²) in [6.45, 7) is 2.54. The number of benzene rings is 1. The molecule has 0 aliphatic carbocycles. The number of hydrogen-bond acceptors (Lipinski definition) is 3. The average molecular weight is 248 g/mol. The van der Waals surface area contributed by atoms with Gasteiger partial charge in [0.25, 0.3) is 0 Å². The molecule has 0 bridgehead atoms. The van der Waals surface area contributed by atoms with Gasteiger partial charge in [-0.1, -0.05) is 30.3 Å². The second-order valence-electron chi connectivity index (χ2n) is 5.08. The lowest BCUT2D eigenvalue weighted by Crippen LogP contribution is -2.48. The van der Waals surface area contributed by atoms with E-state index in [-0.39, 0.29) is 0 Å². The first-order chi connectivity index (χ1) is 8.60. The normalized spacial score (nSPS) is 25.6. The van der Waals surface area contributed by atoms with Crippen molar-refractivity contribution in [3.05, 3.63) is 35.9 Å². The molecule has 1 aromatic carbocycles. The van der Waals surface area contributed by atoms with Crippen LogP contribution in [0.2, 0.25) is 0 Å². The van der Waals surface area contributed by atoms with Crippen molar-refractivity contribution >= 4 is 5.97 Å². The number of carboxylic acids is 1. The maximum absolute atomic E-state index is 11.2. The quantitative estimate of drug-likeness (QED) is 0.849. The molecule has 1 atom stereocenters. The molecular weight excluding hydrogens is 228 g/mol. The summed E-state index contributed by atoms with van der Waals surface area (Å²) in [5.74, 6) is -0.871. The highest BCUT2D eigenvalue weighted by molar-refractivity contribution is 5.78. The number of aliphatic carboxylic acids is 1. The standard InChI is InChI=1S/C14H20N2O2/c15-14(13(17)18)7-4-9-16(10-8-14)11-12-5-2-1-3-6-12/h1-3,5-6H,4,7-11,15H2,(H,17,18). The highest BCUT2D eigenvalue weighted by Gasteiger charge is 2.35. The molecule has 1 aliphatic rings. The fourth-order valence-corrected chi connectivity index (χ4v) is 2.43. The summed E-state index contributed by atoms with van der Waals surface area (Å²) in [6, 6.07) is 10.2. The Labute approximate surface area is 107 Å². The minimum absolute atomic E-state index is 0.523. The summed E-state index contributed by atoms with van der Waals surface area (Å²) in [7, 11) is 0. The molecule has 98 valence electrons. The lowest BCUT2D eigenvalue weighted by molar-refractivity contribution is -0.143. The molecule has 0 aromatic heterocycles. The maximum atomic E-state index is 11.2. The minimum Gasteiger partial charge on any atom is -0.480 e. The molecule has 4 heteroatoms. The Morgan fingerprint density at radius 2 is 2.00 bits per heavy atom. The van der Waals surface area contributed by atoms with Gasteiger partial charge in [-0.3, -0.25) is 9.69 Å². The van der Waals surface area contributed by atoms with Crippen LogP contribution in [-0.2, 0) is 11.3 Å². The van der Waals surface area contributed by atoms with Crippen molar-refractivity contribution in [1.82, 2.24) is 4.90 Å². The van der Waals surface area contributed by atoms with Crippen LogP contribution in [0, 0.1) is 0 Å². The van der Waals surface area contributed by atoms with E-state index in [0.29, 0.717) is 12.8 Å². The molecule has 1 heterocycles. The molecule has 3 N–H and O–H groups in total. The fraction of sp³-hybridized carbons (Fsp3) is 0.500. The van der Waals surface area contributed by atoms with Crippen molar-refractivity contribution < 1.29 is 9.90 Å². The van der Waals surface area contributed by atoms with Crippen LogP contribution in [-0.4, -0.2) is 34.6 Å². The van der Waals surface area contributed by atoms with Gasteiger partial charge in [-0.2, -0.15) is 0 Å². The van der Waals surface area contributed by atoms with Crippen molar-refractivity contribution in [3.8, 4) is 0 Å². The van der Waals surface area contributed by atoms with E-state index in [1.165, 1.54) is 5.56 Å². The molecule has 1 aliphatic heterocycles. The van der Waals surface area contributed by atoms with Crippen LogP contribution in [0.3, 0.4) is 0 Å². The number of nitrogens with zero attached hydrogens (tertiary/aromatic N) is 1. The largest absolute Gasteiger partial charge is 0.480 e. The van der Waals surface area contributed by atoms with Crippen LogP contribution in [0.4, 0.5) is 0 Å². The zero-order chi connectivity index (χ0) is 13.0. The van der Waals surface area contributed by atoms with E-state index in [9.17, 15) is 4.79 Å². The third-order valence-corrected chi connectivity index (χ3v) is 3.65. The van der Waals surface area contributed by atoms with Gasteiger partial charge in [0.05, 0.1) is 0 Å². The van der Waals surface area contributed by atoms with Gasteiger partial charge in [-0.25, -0.2) is 0 Å². The lowest BCUT2D eigenvalue weighted by atomic mass is 9.92. The summed E-state index contributed by atoms with van der Waals surface area (Å²) < 4.78 is 0. The first-order valence-corrected chi connectivity index (χ1v) is 6.39. The van der Waals surface area contributed by atoms with E-state index in [4.69, 9.17) is 10.8 Å². The minimum atomic E-state index is -1.04. The van der Waals surface area contributed by atoms with Crippen molar-refractivity contribution in [2.45, 2.75) is 31.3 Å². The summed E-state index contributed by atoms with van der Waals surface area (Å²) in [6.07, 6.45) is 1.93. The van der Waals surface area contributed by atoms with Crippen LogP contribution in [0.15, 0.2) is 30.3 Å². The van der Waals surface area contributed by atoms with Crippen LogP contribution in [0.5, 0.6) is 0 Å². The number of carboxylic acid groups (broad SMARTS) is 1. The van der Waals surface area contributed by atoms with Crippen LogP contribution in [0.1, 0.15) is 24.8 Å². The van der Waals surface area contributed by atoms with Gasteiger partial charge in [-0.15, -0.1) is 0 Å². The summed E-state index contributed by atoms with van der Waals surface area (Å²) in [5.41, 5.74) is 6.16. The molecule has 1 aromatic rings. The molecule has 0 spiro atoms. The maximum Gasteiger partial charge on any atom is 0.323 e. The average Bonchev–Trinajstić information content (AvgIpc) is 2.54. The molecule has 1 fully saturated rings. The Hall–Kier alpha value is -1.39. The van der Waals surface area contributed by atoms with Gasteiger partial charge in [-0.05, 0) is 31.4 Å². The van der Waals surface area contributed by atoms with Gasteiger partial charge >= 0.3 is 5.97 Å². The molecule has 0 amide bonds. The topological polar surface area (TPSA) is 66.6 Å². The SMILES string of the molecule is NC1(C(=O)O)CCCN(Cc2ccccc2)CC1. The summed E-state index contributed by atoms with van der Waals surface area (Å²) in [5, 5.41) is 9.15. The van der Waals surface area contributed by atoms with Gasteiger partial charge in [0.1, 0.15) is 5.54 Å². The number of rotatable bonds is 3. The smallest absolute Gasteiger partial charge is 0.323 e. The Kier molecular flexibility index (Phi) is 3.99. The van der Waals surface area contributed by atoms with Gasteiger partial charge in [0.2, 0.25) is 0 Å². The Morgan fingerprint density at radius 1 is 1.28 bits per heavy atom. The third kappa shape index (κ3) is 3.09. The number of carbonyl (C=O) groups is 1. The van der Waals surface area contributed by atoms with Crippen molar-refractivity contribution in [1.29, 1.82) is 0 Å². The van der Waals surface area contributed by atoms with E-state index < -0.39 is 11.5 Å². The van der Waals surface area contributed by atoms with Gasteiger partial charge in [0.15, 0.2) is 0 Å². The van der Waals surface area contributed by atoms with Crippen LogP contribution in [0.25, 0.3) is 0 Å². The number of nitrogens with two attached hydrogens (primary N) is 1. The van der Waals surface area contributed by atoms with Crippen molar-refractivity contribution in [2.24, 2.45) is 5.73 Å². The zero-order valence-electron chi connectivity index (χ0n) is 10.5. The summed E-state index contributed by atoms with van der Waals surface area (Å²) in [4.78, 5) is 13.4. The number of hydrogen-bond donors (Lipinski definition) is 2. The number of likely N-dealkylation sites (tertiary alicyclic amines) is 1. The predicted octanol–water partition coefficient (Wildman–Crippen LogP) is 1.45. The van der Waals surface area contributed by atoms with Crippen molar-refractivity contribution in [3.63, 3.8) is 0 Å². The van der Waals surface area contributed by atoms with Crippen LogP contribution < -0.4 is 5.73 Å². The second kappa shape index (κ2) is 5.50. The Bertz CT molecular complexity index is 408. The fourth-order valence-electron chi connectivity index (χ4n) is 2.43. The second-order valence-corrected chi connectivity index (χ2v) is 5.08. The van der Waals surface area contributed by atoms with E-state index in [1.54, 1.807) is 0 Å². The molecule has 1 unspecified atom stereocenters. The highest BCUT2D eigenvalue weighted by Crippen LogP contribution is 2.21. The zero-order valence-corrected chi connectivity index (χ0v) is 10.5. The van der Waals surface area contributed by atoms with E-state index in [0.717, 1.165) is 26.1 Å². The monoisotopic (exact) mass is 248 g/mol. The van der Waals surface area contributed by atoms with Gasteiger partial charge < -0.3 is 10.8 Å². The molecule has 0 saturated carbocycles. The molecule has 2 rings (SSSR count). The third-order valence-electron chi connectivity index (χ3n) is 3.65. The van der Waals surface area contributed by atoms with Crippen molar-refractivity contribution in [2.75, 3.05) is 13.1 Å². The predicted molar refractivity (Wildman–Crippen MR) is 70.1 cm³/mol. The first kappa shape index (κ1) is 13.1. The molecule has 18 heavy (non-hydrogen) atoms. The molecule has 4 nitrogen and oxygen atoms in total. The highest BCUT2D eigenvalue weighted by atomic mass is 16.4. The molecule has 0 radical (unpaired) electrons. The van der Waals surface area contributed by atoms with Gasteiger partial charge in [0, 0.05) is 13.1 Å². The van der Waals surface area contributed by atoms with Crippen LogP contribution >= 0.6 is 0 Å². The Morgan fingerprint density at radius 3 is 2.67 bits per heavy atom. The summed E-state index contributed by atoms with van der Waals surface area (Å²) >= 11 is 0. The molecule has 1 saturated heterocycles. The van der Waals surface area contributed by atoms with E-state index in [2.05, 4.69) is 17.0 Å². The first-order valence-electron chi connectivity index (χ1n) is 6.39. The molecular formula is C14H20N2O2. The Balaban J connectivity index is 1.96. The lowest BCUT2D eigenvalue weighted by Gasteiger charge is -2.23.